The highest BCUT2D eigenvalue weighted by Gasteiger charge is 2.05. The highest BCUT2D eigenvalue weighted by Crippen LogP contribution is 1.78. The van der Waals surface area contributed by atoms with Gasteiger partial charge in [-0.25, -0.2) is 0 Å². The molecule has 0 aromatic heterocycles. The molecule has 0 spiro atoms. The zero-order valence-corrected chi connectivity index (χ0v) is 7.10. The van der Waals surface area contributed by atoms with Gasteiger partial charge in [0.2, 0.25) is 0 Å². The largest absolute Gasteiger partial charge is 0.766 e. The average Bonchev–Trinajstić information content (AvgIpc) is 1.85. The maximum atomic E-state index is 9.61. The predicted molar refractivity (Wildman–Crippen MR) is 35.6 cm³/mol. The van der Waals surface area contributed by atoms with Crippen molar-refractivity contribution in [1.29, 1.82) is 0 Å². The van der Waals surface area contributed by atoms with E-state index in [0.29, 0.717) is 0 Å². The third-order valence-corrected chi connectivity index (χ3v) is 0.914. The third kappa shape index (κ3) is 26.4. The van der Waals surface area contributed by atoms with Crippen LogP contribution in [0.25, 0.3) is 0 Å². The van der Waals surface area contributed by atoms with Gasteiger partial charge in [0.05, 0.1) is 13.2 Å². The summed E-state index contributed by atoms with van der Waals surface area (Å²) in [5.41, 5.74) is 0. The molecule has 1 unspecified atom stereocenters. The van der Waals surface area contributed by atoms with Crippen LogP contribution in [0.3, 0.4) is 0 Å². The number of aliphatic hydroxyl groups excluding tert-OH is 3. The van der Waals surface area contributed by atoms with E-state index in [-0.39, 0.29) is 13.2 Å². The Balaban J connectivity index is 0. The SMILES string of the molecule is CC(O)O[Si](=O)O.OCCO. The van der Waals surface area contributed by atoms with Gasteiger partial charge in [-0.3, -0.25) is 4.46 Å². The summed E-state index contributed by atoms with van der Waals surface area (Å²) < 4.78 is 13.5. The first kappa shape index (κ1) is 13.1. The van der Waals surface area contributed by atoms with Crippen molar-refractivity contribution in [3.8, 4) is 0 Å². The molecule has 68 valence electrons. The topological polar surface area (TPSA) is 107 Å². The van der Waals surface area contributed by atoms with Crippen molar-refractivity contribution in [1.82, 2.24) is 0 Å². The Bertz CT molecular complexity index is 92.6. The predicted octanol–water partition coefficient (Wildman–Crippen LogP) is -2.28. The van der Waals surface area contributed by atoms with E-state index in [0.717, 1.165) is 0 Å². The Kier molecular flexibility index (Phi) is 11.3. The number of hydrogen-bond donors (Lipinski definition) is 4. The average molecular weight is 184 g/mol. The van der Waals surface area contributed by atoms with Crippen molar-refractivity contribution in [2.75, 3.05) is 13.2 Å². The molecule has 11 heavy (non-hydrogen) atoms. The van der Waals surface area contributed by atoms with Crippen LogP contribution in [0.2, 0.25) is 0 Å². The van der Waals surface area contributed by atoms with Crippen LogP contribution in [0.15, 0.2) is 0 Å². The lowest BCUT2D eigenvalue weighted by molar-refractivity contribution is -0.0209. The Morgan fingerprint density at radius 1 is 1.45 bits per heavy atom. The molecule has 0 rings (SSSR count). The van der Waals surface area contributed by atoms with Crippen LogP contribution < -0.4 is 0 Å². The van der Waals surface area contributed by atoms with Gasteiger partial charge < -0.3 is 24.5 Å². The fourth-order valence-electron chi connectivity index (χ4n) is 0.146. The lowest BCUT2D eigenvalue weighted by Crippen LogP contribution is -2.14. The van der Waals surface area contributed by atoms with Crippen molar-refractivity contribution < 1.29 is 29.0 Å². The normalized spacial score (nSPS) is 10.9. The number of rotatable bonds is 3. The summed E-state index contributed by atoms with van der Waals surface area (Å²) in [7, 11) is -2.93. The summed E-state index contributed by atoms with van der Waals surface area (Å²) in [6, 6.07) is 0. The molecular formula is C4H12O6Si. The standard InChI is InChI=1S/C2H6O4Si.C2H6O2/c1-2(3)6-7(4)5;3-1-2-4/h2-4H,1H3;3-4H,1-2H2. The molecule has 6 nitrogen and oxygen atoms in total. The highest BCUT2D eigenvalue weighted by atomic mass is 28.3. The van der Waals surface area contributed by atoms with Crippen LogP contribution >= 0.6 is 0 Å². The Morgan fingerprint density at radius 2 is 1.82 bits per heavy atom. The number of hydrogen-bond acceptors (Lipinski definition) is 5. The highest BCUT2D eigenvalue weighted by molar-refractivity contribution is 6.24. The monoisotopic (exact) mass is 184 g/mol. The van der Waals surface area contributed by atoms with E-state index in [9.17, 15) is 4.46 Å². The van der Waals surface area contributed by atoms with Crippen molar-refractivity contribution in [2.24, 2.45) is 0 Å². The van der Waals surface area contributed by atoms with E-state index >= 15 is 0 Å². The molecule has 0 saturated heterocycles. The summed E-state index contributed by atoms with van der Waals surface area (Å²) in [5, 5.41) is 23.4. The molecule has 0 aliphatic carbocycles. The molecule has 0 heterocycles. The van der Waals surface area contributed by atoms with Crippen LogP contribution in [0, 0.1) is 0 Å². The second kappa shape index (κ2) is 9.50. The van der Waals surface area contributed by atoms with E-state index < -0.39 is 15.5 Å². The molecular weight excluding hydrogens is 172 g/mol. The second-order valence-corrected chi connectivity index (χ2v) is 2.20. The zero-order chi connectivity index (χ0) is 9.28. The molecule has 7 heteroatoms. The lowest BCUT2D eigenvalue weighted by Gasteiger charge is -1.98. The molecule has 0 bridgehead atoms. The van der Waals surface area contributed by atoms with Gasteiger partial charge in [0.25, 0.3) is 0 Å². The van der Waals surface area contributed by atoms with E-state index in [1.807, 2.05) is 0 Å². The first-order valence-electron chi connectivity index (χ1n) is 2.84. The maximum Gasteiger partial charge on any atom is 0.766 e. The third-order valence-electron chi connectivity index (χ3n) is 0.371. The van der Waals surface area contributed by atoms with E-state index in [1.165, 1.54) is 6.92 Å². The number of aliphatic hydroxyl groups is 3. The fourth-order valence-corrected chi connectivity index (χ4v) is 0.438. The Hall–Kier alpha value is -0.503. The smallest absolute Gasteiger partial charge is 0.511 e. The summed E-state index contributed by atoms with van der Waals surface area (Å²) >= 11 is 0. The second-order valence-electron chi connectivity index (χ2n) is 1.43. The van der Waals surface area contributed by atoms with Gasteiger partial charge in [-0.2, -0.15) is 0 Å². The maximum absolute atomic E-state index is 9.61. The molecule has 0 aliphatic heterocycles. The minimum Gasteiger partial charge on any atom is -0.511 e. The van der Waals surface area contributed by atoms with E-state index in [2.05, 4.69) is 4.43 Å². The van der Waals surface area contributed by atoms with Crippen LogP contribution in [-0.4, -0.2) is 48.8 Å². The van der Waals surface area contributed by atoms with Crippen molar-refractivity contribution in [3.05, 3.63) is 0 Å². The van der Waals surface area contributed by atoms with Crippen molar-refractivity contribution in [3.63, 3.8) is 0 Å². The summed E-state index contributed by atoms with van der Waals surface area (Å²) in [6.07, 6.45) is -1.14. The first-order valence-corrected chi connectivity index (χ1v) is 4.10. The molecule has 0 radical (unpaired) electrons. The quantitative estimate of drug-likeness (QED) is 0.291. The minimum absolute atomic E-state index is 0.125. The minimum atomic E-state index is -2.93. The zero-order valence-electron chi connectivity index (χ0n) is 6.10. The first-order chi connectivity index (χ1) is 5.04. The van der Waals surface area contributed by atoms with Gasteiger partial charge in [-0.15, -0.1) is 0 Å². The molecule has 0 aromatic rings. The lowest BCUT2D eigenvalue weighted by atomic mass is 10.8. The van der Waals surface area contributed by atoms with Crippen LogP contribution in [0.5, 0.6) is 0 Å². The summed E-state index contributed by atoms with van der Waals surface area (Å²) in [6.45, 7) is 1.01. The van der Waals surface area contributed by atoms with Crippen LogP contribution in [-0.2, 0) is 8.89 Å². The van der Waals surface area contributed by atoms with Gasteiger partial charge >= 0.3 is 9.17 Å². The summed E-state index contributed by atoms with van der Waals surface area (Å²) in [4.78, 5) is 7.89. The van der Waals surface area contributed by atoms with Gasteiger partial charge in [-0.05, 0) is 6.92 Å². The fraction of sp³-hybridized carbons (Fsp3) is 1.00. The molecule has 0 aliphatic rings. The van der Waals surface area contributed by atoms with Gasteiger partial charge in [-0.1, -0.05) is 0 Å². The molecule has 1 atom stereocenters. The Labute approximate surface area is 65.6 Å². The molecule has 4 N–H and O–H groups in total. The van der Waals surface area contributed by atoms with Gasteiger partial charge in [0.1, 0.15) is 0 Å². The van der Waals surface area contributed by atoms with Crippen molar-refractivity contribution >= 4 is 9.17 Å². The van der Waals surface area contributed by atoms with Gasteiger partial charge in [0, 0.05) is 0 Å². The van der Waals surface area contributed by atoms with Gasteiger partial charge in [0.15, 0.2) is 6.29 Å². The van der Waals surface area contributed by atoms with E-state index in [1.54, 1.807) is 0 Å². The summed E-state index contributed by atoms with van der Waals surface area (Å²) in [5.74, 6) is 0. The van der Waals surface area contributed by atoms with Crippen molar-refractivity contribution in [2.45, 2.75) is 13.2 Å². The molecule has 0 fully saturated rings. The molecule has 0 saturated carbocycles. The Morgan fingerprint density at radius 3 is 1.82 bits per heavy atom. The van der Waals surface area contributed by atoms with Crippen LogP contribution in [0.4, 0.5) is 0 Å². The molecule has 0 amide bonds. The van der Waals surface area contributed by atoms with Crippen LogP contribution in [0.1, 0.15) is 6.92 Å². The molecule has 0 aromatic carbocycles. The van der Waals surface area contributed by atoms with E-state index in [4.69, 9.17) is 20.1 Å².